The zero-order valence-corrected chi connectivity index (χ0v) is 27.0. The molecule has 1 aliphatic heterocycles. The number of hydrogen-bond donors (Lipinski definition) is 1. The van der Waals surface area contributed by atoms with Crippen molar-refractivity contribution in [2.45, 2.75) is 17.9 Å². The van der Waals surface area contributed by atoms with Gasteiger partial charge in [-0.1, -0.05) is 53.8 Å². The van der Waals surface area contributed by atoms with Crippen molar-refractivity contribution >= 4 is 44.8 Å². The Balaban J connectivity index is 1.34. The molecule has 1 amide bonds. The molecule has 1 N–H and O–H groups in total. The molecule has 0 radical (unpaired) electrons. The van der Waals surface area contributed by atoms with Gasteiger partial charge in [-0.25, -0.2) is 4.99 Å². The van der Waals surface area contributed by atoms with E-state index in [1.807, 2.05) is 24.3 Å². The predicted molar refractivity (Wildman–Crippen MR) is 179 cm³/mol. The second-order valence-corrected chi connectivity index (χ2v) is 13.1. The lowest BCUT2D eigenvalue weighted by Crippen LogP contribution is -2.40. The lowest BCUT2D eigenvalue weighted by Gasteiger charge is -2.25. The largest absolute Gasteiger partial charge is 0.497 e. The maximum absolute atomic E-state index is 14.0. The number of fused-ring (bicyclic) bond motifs is 1. The summed E-state index contributed by atoms with van der Waals surface area (Å²) < 4.78 is 37.9. The molecule has 0 aliphatic carbocycles. The molecule has 12 nitrogen and oxygen atoms in total. The molecule has 2 heterocycles. The molecule has 0 saturated heterocycles. The van der Waals surface area contributed by atoms with Gasteiger partial charge in [-0.05, 0) is 72.7 Å². The number of allylic oxidation sites excluding steroid dienone is 1. The van der Waals surface area contributed by atoms with Crippen molar-refractivity contribution in [2.24, 2.45) is 4.99 Å². The highest BCUT2D eigenvalue weighted by Gasteiger charge is 2.33. The van der Waals surface area contributed by atoms with Crippen LogP contribution in [0.25, 0.3) is 6.08 Å². The van der Waals surface area contributed by atoms with Crippen LogP contribution in [0.4, 0.5) is 11.4 Å². The highest BCUT2D eigenvalue weighted by Crippen LogP contribution is 2.32. The number of methoxy groups -OCH3 is 1. The number of ether oxygens (including phenoxy) is 1. The number of nitrogens with one attached hydrogen (secondary N) is 1. The van der Waals surface area contributed by atoms with Gasteiger partial charge in [0.05, 0.1) is 33.9 Å². The molecule has 0 spiro atoms. The molecule has 1 aliphatic rings. The van der Waals surface area contributed by atoms with E-state index in [0.717, 1.165) is 35.6 Å². The SMILES string of the molecule is COc1cccc([C@@H]2C(C(=O)Nc3ccccc3)=C(C)N=c3s/c(=C\c4ccc(OS(=O)(=O)c5ccc([N+](=O)[O-])cc5)cc4)c(=O)n32)c1. The molecule has 0 fully saturated rings. The van der Waals surface area contributed by atoms with Crippen molar-refractivity contribution in [1.82, 2.24) is 4.57 Å². The number of nitro benzene ring substituents is 1. The Hall–Kier alpha value is -5.86. The van der Waals surface area contributed by atoms with Gasteiger partial charge in [-0.15, -0.1) is 0 Å². The van der Waals surface area contributed by atoms with E-state index in [4.69, 9.17) is 8.92 Å². The lowest BCUT2D eigenvalue weighted by atomic mass is 9.95. The minimum absolute atomic E-state index is 0.00897. The van der Waals surface area contributed by atoms with Gasteiger partial charge in [0, 0.05) is 17.8 Å². The number of hydrogen-bond acceptors (Lipinski definition) is 10. The van der Waals surface area contributed by atoms with Crippen LogP contribution in [-0.4, -0.2) is 30.9 Å². The van der Waals surface area contributed by atoms with Crippen molar-refractivity contribution in [2.75, 3.05) is 12.4 Å². The zero-order chi connectivity index (χ0) is 34.0. The van der Waals surface area contributed by atoms with Crippen LogP contribution in [0.2, 0.25) is 0 Å². The number of amides is 1. The van der Waals surface area contributed by atoms with Crippen molar-refractivity contribution in [1.29, 1.82) is 0 Å². The molecule has 4 aromatic carbocycles. The molecule has 0 bridgehead atoms. The Morgan fingerprint density at radius 2 is 1.69 bits per heavy atom. The van der Waals surface area contributed by atoms with E-state index in [0.29, 0.717) is 43.2 Å². The van der Waals surface area contributed by atoms with Crippen molar-refractivity contribution in [3.8, 4) is 11.5 Å². The van der Waals surface area contributed by atoms with Crippen LogP contribution in [-0.2, 0) is 14.9 Å². The first kappa shape index (κ1) is 32.1. The first-order chi connectivity index (χ1) is 23.0. The van der Waals surface area contributed by atoms with Crippen LogP contribution in [0.5, 0.6) is 11.5 Å². The fourth-order valence-corrected chi connectivity index (χ4v) is 7.12. The van der Waals surface area contributed by atoms with Gasteiger partial charge >= 0.3 is 10.1 Å². The van der Waals surface area contributed by atoms with Gasteiger partial charge in [0.15, 0.2) is 4.80 Å². The summed E-state index contributed by atoms with van der Waals surface area (Å²) in [5.41, 5.74) is 1.98. The van der Waals surface area contributed by atoms with E-state index in [9.17, 15) is 28.1 Å². The highest BCUT2D eigenvalue weighted by molar-refractivity contribution is 7.87. The van der Waals surface area contributed by atoms with E-state index < -0.39 is 27.0 Å². The standard InChI is InChI=1S/C34H26N4O8S2/c1-21-30(32(39)36-24-8-4-3-5-9-24)31(23-7-6-10-27(20-23)45-2)37-33(40)29(47-34(37)35-21)19-22-11-15-26(16-12-22)46-48(43,44)28-17-13-25(14-18-28)38(41)42/h3-20,31H,1-2H3,(H,36,39)/b29-19-/t31-/m1/s1. The summed E-state index contributed by atoms with van der Waals surface area (Å²) in [6.45, 7) is 1.73. The van der Waals surface area contributed by atoms with Gasteiger partial charge in [-0.3, -0.25) is 24.3 Å². The fourth-order valence-electron chi connectivity index (χ4n) is 5.14. The molecule has 6 rings (SSSR count). The topological polar surface area (TPSA) is 159 Å². The number of carbonyl (C=O) groups is 1. The van der Waals surface area contributed by atoms with Gasteiger partial charge in [0.2, 0.25) is 0 Å². The summed E-state index contributed by atoms with van der Waals surface area (Å²) in [6, 6.07) is 25.7. The van der Waals surface area contributed by atoms with Gasteiger partial charge in [-0.2, -0.15) is 8.42 Å². The number of non-ortho nitro benzene ring substituents is 1. The quantitative estimate of drug-likeness (QED) is 0.135. The summed E-state index contributed by atoms with van der Waals surface area (Å²) in [6.07, 6.45) is 1.64. The third kappa shape index (κ3) is 6.52. The zero-order valence-electron chi connectivity index (χ0n) is 25.4. The summed E-state index contributed by atoms with van der Waals surface area (Å²) in [4.78, 5) is 42.8. The fraction of sp³-hybridized carbons (Fsp3) is 0.0882. The van der Waals surface area contributed by atoms with Crippen molar-refractivity contribution in [3.63, 3.8) is 0 Å². The van der Waals surface area contributed by atoms with Crippen LogP contribution in [0, 0.1) is 10.1 Å². The van der Waals surface area contributed by atoms with Gasteiger partial charge in [0.25, 0.3) is 17.2 Å². The molecular weight excluding hydrogens is 657 g/mol. The number of rotatable bonds is 9. The number of nitro groups is 1. The number of aromatic nitrogens is 1. The van der Waals surface area contributed by atoms with Crippen LogP contribution in [0.1, 0.15) is 24.1 Å². The molecule has 48 heavy (non-hydrogen) atoms. The number of anilines is 1. The number of para-hydroxylation sites is 1. The number of thiazole rings is 1. The molecular formula is C34H26N4O8S2. The molecule has 14 heteroatoms. The summed E-state index contributed by atoms with van der Waals surface area (Å²) in [7, 11) is -2.72. The predicted octanol–water partition coefficient (Wildman–Crippen LogP) is 4.56. The van der Waals surface area contributed by atoms with Crippen LogP contribution in [0.15, 0.2) is 129 Å². The van der Waals surface area contributed by atoms with Gasteiger partial charge in [0.1, 0.15) is 16.4 Å². The molecule has 242 valence electrons. The third-order valence-corrected chi connectivity index (χ3v) is 9.67. The van der Waals surface area contributed by atoms with Crippen molar-refractivity contribution < 1.29 is 27.1 Å². The van der Waals surface area contributed by atoms with E-state index in [1.54, 1.807) is 55.5 Å². The Bertz CT molecular complexity index is 2370. The molecule has 1 atom stereocenters. The Morgan fingerprint density at radius 3 is 2.35 bits per heavy atom. The lowest BCUT2D eigenvalue weighted by molar-refractivity contribution is -0.384. The first-order valence-corrected chi connectivity index (χ1v) is 16.6. The van der Waals surface area contributed by atoms with E-state index in [-0.39, 0.29) is 21.9 Å². The highest BCUT2D eigenvalue weighted by atomic mass is 32.2. The Kier molecular flexibility index (Phi) is 8.76. The molecule has 5 aromatic rings. The van der Waals surface area contributed by atoms with E-state index >= 15 is 0 Å². The number of benzene rings is 4. The minimum atomic E-state index is -4.25. The average Bonchev–Trinajstić information content (AvgIpc) is 3.38. The minimum Gasteiger partial charge on any atom is -0.497 e. The molecule has 0 unspecified atom stereocenters. The average molecular weight is 683 g/mol. The van der Waals surface area contributed by atoms with E-state index in [2.05, 4.69) is 10.3 Å². The smallest absolute Gasteiger partial charge is 0.339 e. The number of nitrogens with zero attached hydrogens (tertiary/aromatic N) is 3. The molecule has 1 aromatic heterocycles. The maximum Gasteiger partial charge on any atom is 0.339 e. The Labute approximate surface area is 277 Å². The van der Waals surface area contributed by atoms with Crippen LogP contribution < -0.4 is 29.1 Å². The summed E-state index contributed by atoms with van der Waals surface area (Å²) in [5, 5.41) is 13.8. The van der Waals surface area contributed by atoms with E-state index in [1.165, 1.54) is 23.8 Å². The Morgan fingerprint density at radius 1 is 0.979 bits per heavy atom. The van der Waals surface area contributed by atoms with Gasteiger partial charge < -0.3 is 14.2 Å². The van der Waals surface area contributed by atoms with Crippen LogP contribution >= 0.6 is 11.3 Å². The second-order valence-electron chi connectivity index (χ2n) is 10.5. The summed E-state index contributed by atoms with van der Waals surface area (Å²) in [5.74, 6) is 0.170. The summed E-state index contributed by atoms with van der Waals surface area (Å²) >= 11 is 1.16. The third-order valence-electron chi connectivity index (χ3n) is 7.43. The van der Waals surface area contributed by atoms with Crippen LogP contribution in [0.3, 0.4) is 0 Å². The maximum atomic E-state index is 14.0. The monoisotopic (exact) mass is 682 g/mol. The first-order valence-electron chi connectivity index (χ1n) is 14.4. The normalized spacial score (nSPS) is 14.5. The number of carbonyl (C=O) groups excluding carboxylic acids is 1. The molecule has 0 saturated carbocycles. The van der Waals surface area contributed by atoms with Crippen molar-refractivity contribution in [3.05, 3.63) is 155 Å². The second kappa shape index (κ2) is 13.1.